The fraction of sp³-hybridized carbons (Fsp3) is 0.948. The van der Waals surface area contributed by atoms with Crippen LogP contribution in [0.25, 0.3) is 0 Å². The molecule has 6 heteroatoms. The lowest BCUT2D eigenvalue weighted by Gasteiger charge is -2.18. The molecule has 0 bridgehead atoms. The normalized spacial score (nSPS) is 12.5. The van der Waals surface area contributed by atoms with E-state index in [1.54, 1.807) is 0 Å². The average molecular weight is 906 g/mol. The number of hydrogen-bond acceptors (Lipinski definition) is 6. The van der Waals surface area contributed by atoms with Gasteiger partial charge in [0.2, 0.25) is 0 Å². The third-order valence-electron chi connectivity index (χ3n) is 13.6. The summed E-state index contributed by atoms with van der Waals surface area (Å²) in [6.07, 6.45) is 53.7. The molecule has 0 saturated carbocycles. The lowest BCUT2D eigenvalue weighted by atomic mass is 9.99. The van der Waals surface area contributed by atoms with Crippen molar-refractivity contribution in [1.82, 2.24) is 0 Å². The van der Waals surface area contributed by atoms with Crippen LogP contribution in [0.4, 0.5) is 0 Å². The summed E-state index contributed by atoms with van der Waals surface area (Å²) in [5.41, 5.74) is 0. The minimum atomic E-state index is -0.763. The molecule has 0 spiro atoms. The van der Waals surface area contributed by atoms with Crippen LogP contribution in [0.1, 0.15) is 324 Å². The van der Waals surface area contributed by atoms with E-state index in [2.05, 4.69) is 34.6 Å². The van der Waals surface area contributed by atoms with E-state index >= 15 is 0 Å². The molecule has 0 N–H and O–H groups in total. The van der Waals surface area contributed by atoms with E-state index < -0.39 is 6.10 Å². The smallest absolute Gasteiger partial charge is 0.306 e. The van der Waals surface area contributed by atoms with Crippen molar-refractivity contribution in [1.29, 1.82) is 0 Å². The molecule has 0 rings (SSSR count). The first-order chi connectivity index (χ1) is 31.3. The largest absolute Gasteiger partial charge is 0.462 e. The fourth-order valence-corrected chi connectivity index (χ4v) is 8.84. The summed E-state index contributed by atoms with van der Waals surface area (Å²) in [5, 5.41) is 0. The minimum Gasteiger partial charge on any atom is -0.462 e. The molecule has 0 fully saturated rings. The van der Waals surface area contributed by atoms with Crippen molar-refractivity contribution in [3.05, 3.63) is 0 Å². The van der Waals surface area contributed by atoms with Crippen LogP contribution in [0, 0.1) is 11.8 Å². The minimum absolute atomic E-state index is 0.0630. The monoisotopic (exact) mass is 905 g/mol. The van der Waals surface area contributed by atoms with Crippen molar-refractivity contribution in [2.45, 2.75) is 330 Å². The Balaban J connectivity index is 4.28. The predicted octanol–water partition coefficient (Wildman–Crippen LogP) is 18.9. The van der Waals surface area contributed by atoms with Gasteiger partial charge in [-0.3, -0.25) is 14.4 Å². The number of ether oxygens (including phenoxy) is 3. The summed E-state index contributed by atoms with van der Waals surface area (Å²) in [6, 6.07) is 0. The van der Waals surface area contributed by atoms with Crippen LogP contribution in [0.5, 0.6) is 0 Å². The van der Waals surface area contributed by atoms with Crippen molar-refractivity contribution in [3.8, 4) is 0 Å². The van der Waals surface area contributed by atoms with Crippen molar-refractivity contribution < 1.29 is 28.6 Å². The van der Waals surface area contributed by atoms with Crippen LogP contribution in [-0.4, -0.2) is 37.2 Å². The van der Waals surface area contributed by atoms with Gasteiger partial charge in [0, 0.05) is 19.3 Å². The second-order valence-corrected chi connectivity index (χ2v) is 20.6. The maximum absolute atomic E-state index is 12.8. The Morgan fingerprint density at radius 1 is 0.328 bits per heavy atom. The van der Waals surface area contributed by atoms with Crippen LogP contribution in [-0.2, 0) is 28.6 Å². The van der Waals surface area contributed by atoms with Crippen LogP contribution >= 0.6 is 0 Å². The first-order valence-electron chi connectivity index (χ1n) is 28.8. The summed E-state index contributed by atoms with van der Waals surface area (Å²) in [4.78, 5) is 38.1. The van der Waals surface area contributed by atoms with Crippen LogP contribution in [0.2, 0.25) is 0 Å². The fourth-order valence-electron chi connectivity index (χ4n) is 8.84. The average Bonchev–Trinajstić information content (AvgIpc) is 3.28. The van der Waals surface area contributed by atoms with E-state index in [1.807, 2.05) is 0 Å². The van der Waals surface area contributed by atoms with E-state index in [0.29, 0.717) is 19.3 Å². The Hall–Kier alpha value is -1.59. The molecule has 2 atom stereocenters. The Kier molecular flexibility index (Phi) is 49.6. The molecule has 0 aliphatic carbocycles. The number of carbonyl (C=O) groups is 3. The number of esters is 3. The highest BCUT2D eigenvalue weighted by Crippen LogP contribution is 2.18. The maximum atomic E-state index is 12.8. The lowest BCUT2D eigenvalue weighted by molar-refractivity contribution is -0.167. The van der Waals surface area contributed by atoms with Gasteiger partial charge in [-0.05, 0) is 31.1 Å². The molecule has 0 aromatic rings. The zero-order valence-corrected chi connectivity index (χ0v) is 43.9. The van der Waals surface area contributed by atoms with Crippen molar-refractivity contribution in [2.75, 3.05) is 13.2 Å². The molecular weight excluding hydrogens is 793 g/mol. The van der Waals surface area contributed by atoms with Gasteiger partial charge in [-0.25, -0.2) is 0 Å². The van der Waals surface area contributed by atoms with E-state index in [-0.39, 0.29) is 31.1 Å². The third-order valence-corrected chi connectivity index (χ3v) is 13.6. The summed E-state index contributed by atoms with van der Waals surface area (Å²) in [6.45, 7) is 11.4. The second kappa shape index (κ2) is 50.8. The summed E-state index contributed by atoms with van der Waals surface area (Å²) >= 11 is 0. The number of rotatable bonds is 52. The standard InChI is InChI=1S/C58H112O6/c1-6-8-9-10-11-12-13-14-15-16-21-24-29-35-40-45-50-58(61)64-55(52-63-57(60)49-44-39-34-30-25-26-31-36-41-46-53(3)4)51-62-56(59)48-43-38-33-28-23-20-18-17-19-22-27-32-37-42-47-54(5)7-2/h53-55H,6-52H2,1-5H3/t54?,55-/m1/s1. The number of carbonyl (C=O) groups excluding carboxylic acids is 3. The van der Waals surface area contributed by atoms with Crippen molar-refractivity contribution in [3.63, 3.8) is 0 Å². The van der Waals surface area contributed by atoms with E-state index in [0.717, 1.165) is 69.6 Å². The predicted molar refractivity (Wildman–Crippen MR) is 275 cm³/mol. The first-order valence-corrected chi connectivity index (χ1v) is 28.8. The van der Waals surface area contributed by atoms with Crippen LogP contribution in [0.3, 0.4) is 0 Å². The molecule has 6 nitrogen and oxygen atoms in total. The van der Waals surface area contributed by atoms with E-state index in [9.17, 15) is 14.4 Å². The highest BCUT2D eigenvalue weighted by Gasteiger charge is 2.19. The zero-order valence-electron chi connectivity index (χ0n) is 43.9. The van der Waals surface area contributed by atoms with E-state index in [4.69, 9.17) is 14.2 Å². The molecule has 0 aromatic heterocycles. The first kappa shape index (κ1) is 62.4. The van der Waals surface area contributed by atoms with Gasteiger partial charge in [-0.1, -0.05) is 285 Å². The van der Waals surface area contributed by atoms with Gasteiger partial charge in [0.05, 0.1) is 0 Å². The van der Waals surface area contributed by atoms with E-state index in [1.165, 1.54) is 212 Å². The molecule has 380 valence electrons. The van der Waals surface area contributed by atoms with Crippen LogP contribution in [0.15, 0.2) is 0 Å². The van der Waals surface area contributed by atoms with Gasteiger partial charge < -0.3 is 14.2 Å². The Bertz CT molecular complexity index is 980. The van der Waals surface area contributed by atoms with Gasteiger partial charge in [-0.2, -0.15) is 0 Å². The number of hydrogen-bond donors (Lipinski definition) is 0. The van der Waals surface area contributed by atoms with Gasteiger partial charge in [0.15, 0.2) is 6.10 Å². The Morgan fingerprint density at radius 2 is 0.594 bits per heavy atom. The van der Waals surface area contributed by atoms with Gasteiger partial charge in [0.25, 0.3) is 0 Å². The molecule has 1 unspecified atom stereocenters. The van der Waals surface area contributed by atoms with Crippen molar-refractivity contribution in [2.24, 2.45) is 11.8 Å². The van der Waals surface area contributed by atoms with Gasteiger partial charge >= 0.3 is 17.9 Å². The zero-order chi connectivity index (χ0) is 46.8. The molecular formula is C58H112O6. The molecule has 0 aliphatic rings. The second-order valence-electron chi connectivity index (χ2n) is 20.6. The Labute approximate surface area is 399 Å². The molecule has 0 aliphatic heterocycles. The number of unbranched alkanes of at least 4 members (excludes halogenated alkanes) is 36. The summed E-state index contributed by atoms with van der Waals surface area (Å²) < 4.78 is 16.9. The van der Waals surface area contributed by atoms with Crippen LogP contribution < -0.4 is 0 Å². The topological polar surface area (TPSA) is 78.9 Å². The summed E-state index contributed by atoms with van der Waals surface area (Å²) in [7, 11) is 0. The molecule has 0 heterocycles. The third kappa shape index (κ3) is 49.8. The molecule has 0 saturated heterocycles. The highest BCUT2D eigenvalue weighted by atomic mass is 16.6. The molecule has 64 heavy (non-hydrogen) atoms. The van der Waals surface area contributed by atoms with Gasteiger partial charge in [0.1, 0.15) is 13.2 Å². The quantitative estimate of drug-likeness (QED) is 0.0344. The molecule has 0 radical (unpaired) electrons. The maximum Gasteiger partial charge on any atom is 0.306 e. The van der Waals surface area contributed by atoms with Gasteiger partial charge in [-0.15, -0.1) is 0 Å². The highest BCUT2D eigenvalue weighted by molar-refractivity contribution is 5.71. The summed E-state index contributed by atoms with van der Waals surface area (Å²) in [5.74, 6) is 0.863. The van der Waals surface area contributed by atoms with Crippen molar-refractivity contribution >= 4 is 17.9 Å². The molecule has 0 aromatic carbocycles. The lowest BCUT2D eigenvalue weighted by Crippen LogP contribution is -2.30. The molecule has 0 amide bonds. The Morgan fingerprint density at radius 3 is 0.891 bits per heavy atom. The SMILES string of the molecule is CCCCCCCCCCCCCCCCCCC(=O)O[C@H](COC(=O)CCCCCCCCCCCCCCCCC(C)CC)COC(=O)CCCCCCCCCCCC(C)C.